The highest BCUT2D eigenvalue weighted by Gasteiger charge is 2.31. The Balaban J connectivity index is 2.59. The van der Waals surface area contributed by atoms with Crippen LogP contribution in [0.2, 0.25) is 0 Å². The number of nitrogens with zero attached hydrogens (tertiary/aromatic N) is 3. The molecule has 0 fully saturated rings. The maximum absolute atomic E-state index is 13.7. The Hall–Kier alpha value is -2.42. The van der Waals surface area contributed by atoms with E-state index in [0.29, 0.717) is 22.9 Å². The van der Waals surface area contributed by atoms with Crippen molar-refractivity contribution in [3.63, 3.8) is 0 Å². The minimum atomic E-state index is -4.65. The van der Waals surface area contributed by atoms with Gasteiger partial charge in [-0.2, -0.15) is 23.0 Å². The molecule has 0 spiro atoms. The van der Waals surface area contributed by atoms with E-state index in [1.54, 1.807) is 0 Å². The summed E-state index contributed by atoms with van der Waals surface area (Å²) >= 11 is 0. The summed E-state index contributed by atoms with van der Waals surface area (Å²) in [6, 6.07) is 2.78. The molecule has 0 saturated heterocycles. The highest BCUT2D eigenvalue weighted by Crippen LogP contribution is 2.30. The van der Waals surface area contributed by atoms with Crippen LogP contribution in [0.5, 0.6) is 0 Å². The fourth-order valence-corrected chi connectivity index (χ4v) is 1.62. The molecule has 5 nitrogen and oxygen atoms in total. The van der Waals surface area contributed by atoms with Crippen molar-refractivity contribution in [2.24, 2.45) is 5.84 Å². The van der Waals surface area contributed by atoms with Crippen molar-refractivity contribution in [3.8, 4) is 5.69 Å². The minimum Gasteiger partial charge on any atom is -0.312 e. The molecule has 112 valence electrons. The van der Waals surface area contributed by atoms with Crippen molar-refractivity contribution in [2.75, 3.05) is 12.1 Å². The van der Waals surface area contributed by atoms with Crippen LogP contribution in [-0.4, -0.2) is 16.8 Å². The van der Waals surface area contributed by atoms with E-state index in [1.165, 1.54) is 7.05 Å². The Labute approximate surface area is 116 Å². The summed E-state index contributed by atoms with van der Waals surface area (Å²) in [5.74, 6) is 4.41. The van der Waals surface area contributed by atoms with E-state index in [2.05, 4.69) is 5.10 Å². The Morgan fingerprint density at radius 3 is 2.48 bits per heavy atom. The average Bonchev–Trinajstić information content (AvgIpc) is 2.38. The number of hydrazine groups is 1. The fourth-order valence-electron chi connectivity index (χ4n) is 1.62. The predicted octanol–water partition coefficient (Wildman–Crippen LogP) is 1.70. The first-order valence-corrected chi connectivity index (χ1v) is 5.65. The molecule has 0 radical (unpaired) electrons. The van der Waals surface area contributed by atoms with Crippen LogP contribution >= 0.6 is 0 Å². The SMILES string of the molecule is CN(N)c1cnn(-c2cc(C(F)(F)F)ccc2F)c(=O)c1. The van der Waals surface area contributed by atoms with Crippen molar-refractivity contribution in [1.82, 2.24) is 9.78 Å². The van der Waals surface area contributed by atoms with E-state index >= 15 is 0 Å². The van der Waals surface area contributed by atoms with Gasteiger partial charge in [-0.1, -0.05) is 0 Å². The molecule has 1 aromatic heterocycles. The second-order valence-corrected chi connectivity index (χ2v) is 4.24. The van der Waals surface area contributed by atoms with Crippen LogP contribution < -0.4 is 16.4 Å². The standard InChI is InChI=1S/C12H10F4N4O/c1-19(17)8-5-11(21)20(18-6-8)10-4-7(12(14,15)16)2-3-9(10)13/h2-6H,17H2,1H3. The molecule has 0 aliphatic carbocycles. The lowest BCUT2D eigenvalue weighted by molar-refractivity contribution is -0.137. The summed E-state index contributed by atoms with van der Waals surface area (Å²) in [6.07, 6.45) is -3.51. The van der Waals surface area contributed by atoms with E-state index < -0.39 is 28.8 Å². The largest absolute Gasteiger partial charge is 0.416 e. The van der Waals surface area contributed by atoms with Crippen molar-refractivity contribution in [2.45, 2.75) is 6.18 Å². The third kappa shape index (κ3) is 3.02. The molecule has 0 atom stereocenters. The number of benzene rings is 1. The highest BCUT2D eigenvalue weighted by atomic mass is 19.4. The smallest absolute Gasteiger partial charge is 0.312 e. The zero-order valence-electron chi connectivity index (χ0n) is 10.7. The Morgan fingerprint density at radius 2 is 1.95 bits per heavy atom. The molecule has 0 unspecified atom stereocenters. The molecule has 0 aliphatic rings. The monoisotopic (exact) mass is 302 g/mol. The molecule has 1 heterocycles. The van der Waals surface area contributed by atoms with Gasteiger partial charge in [0, 0.05) is 13.1 Å². The lowest BCUT2D eigenvalue weighted by Crippen LogP contribution is -2.29. The number of rotatable bonds is 2. The molecule has 0 bridgehead atoms. The predicted molar refractivity (Wildman–Crippen MR) is 67.4 cm³/mol. The van der Waals surface area contributed by atoms with Gasteiger partial charge in [0.15, 0.2) is 0 Å². The summed E-state index contributed by atoms with van der Waals surface area (Å²) in [4.78, 5) is 11.8. The summed E-state index contributed by atoms with van der Waals surface area (Å²) in [6.45, 7) is 0. The van der Waals surface area contributed by atoms with Gasteiger partial charge in [-0.3, -0.25) is 4.79 Å². The highest BCUT2D eigenvalue weighted by molar-refractivity contribution is 5.43. The molecule has 2 N–H and O–H groups in total. The van der Waals surface area contributed by atoms with Crippen LogP contribution in [-0.2, 0) is 6.18 Å². The van der Waals surface area contributed by atoms with Gasteiger partial charge in [0.1, 0.15) is 11.5 Å². The average molecular weight is 302 g/mol. The van der Waals surface area contributed by atoms with Crippen molar-refractivity contribution in [1.29, 1.82) is 0 Å². The van der Waals surface area contributed by atoms with Crippen molar-refractivity contribution >= 4 is 5.69 Å². The first-order chi connectivity index (χ1) is 9.70. The van der Waals surface area contributed by atoms with Gasteiger partial charge in [0.25, 0.3) is 5.56 Å². The van der Waals surface area contributed by atoms with E-state index in [0.717, 1.165) is 17.3 Å². The number of halogens is 4. The molecule has 0 aliphatic heterocycles. The summed E-state index contributed by atoms with van der Waals surface area (Å²) in [5, 5.41) is 4.73. The molecule has 2 rings (SSSR count). The Kier molecular flexibility index (Phi) is 3.69. The zero-order chi connectivity index (χ0) is 15.8. The lowest BCUT2D eigenvalue weighted by Gasteiger charge is -2.13. The van der Waals surface area contributed by atoms with E-state index in [4.69, 9.17) is 5.84 Å². The van der Waals surface area contributed by atoms with Crippen LogP contribution in [0, 0.1) is 5.82 Å². The fraction of sp³-hybridized carbons (Fsp3) is 0.167. The first-order valence-electron chi connectivity index (χ1n) is 5.65. The zero-order valence-corrected chi connectivity index (χ0v) is 10.7. The number of aromatic nitrogens is 2. The molecular formula is C12H10F4N4O. The molecule has 21 heavy (non-hydrogen) atoms. The normalized spacial score (nSPS) is 11.5. The van der Waals surface area contributed by atoms with E-state index in [1.807, 2.05) is 0 Å². The van der Waals surface area contributed by atoms with Crippen LogP contribution in [0.15, 0.2) is 35.3 Å². The molecule has 2 aromatic rings. The van der Waals surface area contributed by atoms with Gasteiger partial charge in [0.05, 0.1) is 17.4 Å². The van der Waals surface area contributed by atoms with Crippen LogP contribution in [0.3, 0.4) is 0 Å². The molecule has 0 saturated carbocycles. The van der Waals surface area contributed by atoms with Crippen LogP contribution in [0.4, 0.5) is 23.2 Å². The number of alkyl halides is 3. The maximum Gasteiger partial charge on any atom is 0.416 e. The van der Waals surface area contributed by atoms with Gasteiger partial charge in [0.2, 0.25) is 0 Å². The topological polar surface area (TPSA) is 64.2 Å². The maximum atomic E-state index is 13.7. The number of hydrogen-bond donors (Lipinski definition) is 1. The van der Waals surface area contributed by atoms with Gasteiger partial charge in [-0.15, -0.1) is 0 Å². The number of hydrogen-bond acceptors (Lipinski definition) is 4. The third-order valence-electron chi connectivity index (χ3n) is 2.69. The van der Waals surface area contributed by atoms with Crippen molar-refractivity contribution < 1.29 is 17.6 Å². The molecule has 0 amide bonds. The summed E-state index contributed by atoms with van der Waals surface area (Å²) in [7, 11) is 1.45. The van der Waals surface area contributed by atoms with Gasteiger partial charge in [-0.05, 0) is 18.2 Å². The van der Waals surface area contributed by atoms with Crippen LogP contribution in [0.1, 0.15) is 5.56 Å². The molecule has 1 aromatic carbocycles. The number of nitrogens with two attached hydrogens (primary N) is 1. The second-order valence-electron chi connectivity index (χ2n) is 4.24. The Morgan fingerprint density at radius 1 is 1.29 bits per heavy atom. The second kappa shape index (κ2) is 5.17. The minimum absolute atomic E-state index is 0.239. The van der Waals surface area contributed by atoms with Crippen molar-refractivity contribution in [3.05, 3.63) is 52.2 Å². The third-order valence-corrected chi connectivity index (χ3v) is 2.69. The van der Waals surface area contributed by atoms with Gasteiger partial charge >= 0.3 is 6.18 Å². The summed E-state index contributed by atoms with van der Waals surface area (Å²) < 4.78 is 52.1. The lowest BCUT2D eigenvalue weighted by atomic mass is 10.2. The Bertz CT molecular complexity index is 724. The number of anilines is 1. The molecule has 9 heteroatoms. The quantitative estimate of drug-likeness (QED) is 0.521. The van der Waals surface area contributed by atoms with E-state index in [-0.39, 0.29) is 5.69 Å². The van der Waals surface area contributed by atoms with E-state index in [9.17, 15) is 22.4 Å². The summed E-state index contributed by atoms with van der Waals surface area (Å²) in [5.41, 5.74) is -2.22. The van der Waals surface area contributed by atoms with Gasteiger partial charge < -0.3 is 5.01 Å². The first kappa shape index (κ1) is 15.0. The molecular weight excluding hydrogens is 292 g/mol. The van der Waals surface area contributed by atoms with Crippen LogP contribution in [0.25, 0.3) is 5.69 Å². The van der Waals surface area contributed by atoms with Gasteiger partial charge in [-0.25, -0.2) is 10.2 Å².